The van der Waals surface area contributed by atoms with E-state index >= 15 is 0 Å². The molecule has 0 spiro atoms. The average Bonchev–Trinajstić information content (AvgIpc) is 2.77. The van der Waals surface area contributed by atoms with Crippen molar-refractivity contribution >= 4 is 23.3 Å². The number of anilines is 1. The third-order valence-electron chi connectivity index (χ3n) is 3.47. The summed E-state index contributed by atoms with van der Waals surface area (Å²) in [5.74, 6) is 0.729. The van der Waals surface area contributed by atoms with Crippen LogP contribution in [0.1, 0.15) is 16.8 Å². The Morgan fingerprint density at radius 1 is 1.68 bits per heavy atom. The number of halogens is 1. The molecule has 2 N–H and O–H groups in total. The van der Waals surface area contributed by atoms with Crippen LogP contribution in [0.2, 0.25) is 5.02 Å². The van der Waals surface area contributed by atoms with E-state index in [-0.39, 0.29) is 5.91 Å². The highest BCUT2D eigenvalue weighted by atomic mass is 35.5. The van der Waals surface area contributed by atoms with Gasteiger partial charge in [-0.15, -0.1) is 0 Å². The van der Waals surface area contributed by atoms with Gasteiger partial charge >= 0.3 is 0 Å². The maximum atomic E-state index is 12.3. The van der Waals surface area contributed by atoms with Gasteiger partial charge in [0.2, 0.25) is 0 Å². The van der Waals surface area contributed by atoms with E-state index < -0.39 is 0 Å². The van der Waals surface area contributed by atoms with Crippen LogP contribution in [0, 0.1) is 5.92 Å². The number of nitrogens with zero attached hydrogens (tertiary/aromatic N) is 3. The molecule has 0 radical (unpaired) electrons. The van der Waals surface area contributed by atoms with Gasteiger partial charge < -0.3 is 15.5 Å². The molecule has 19 heavy (non-hydrogen) atoms. The van der Waals surface area contributed by atoms with Crippen molar-refractivity contribution in [1.29, 1.82) is 0 Å². The molecule has 1 amide bonds. The fourth-order valence-electron chi connectivity index (χ4n) is 2.47. The zero-order chi connectivity index (χ0) is 14.0. The number of carbonyl (C=O) groups excluding carboxylic acids is 1. The van der Waals surface area contributed by atoms with Gasteiger partial charge in [-0.25, -0.2) is 4.98 Å². The normalized spacial score (nSPS) is 19.6. The number of nitrogen functional groups attached to an aromatic ring is 1. The molecule has 0 aromatic carbocycles. The van der Waals surface area contributed by atoms with Gasteiger partial charge in [-0.05, 0) is 32.0 Å². The van der Waals surface area contributed by atoms with Crippen LogP contribution < -0.4 is 5.73 Å². The number of likely N-dealkylation sites (tertiary alicyclic amines) is 1. The molecule has 2 heterocycles. The standard InChI is InChI=1S/C13H19ClN4O/c1-17-4-3-9(7-17)8-18(2)13(19)10-5-12(15)16-6-11(10)14/h5-6,9H,3-4,7-8H2,1-2H3,(H2,15,16). The number of carbonyl (C=O) groups is 1. The molecule has 5 nitrogen and oxygen atoms in total. The fraction of sp³-hybridized carbons (Fsp3) is 0.538. The molecule has 1 aromatic rings. The van der Waals surface area contributed by atoms with Crippen molar-refractivity contribution in [3.8, 4) is 0 Å². The fourth-order valence-corrected chi connectivity index (χ4v) is 2.65. The third-order valence-corrected chi connectivity index (χ3v) is 3.78. The first kappa shape index (κ1) is 14.1. The van der Waals surface area contributed by atoms with Gasteiger partial charge in [-0.3, -0.25) is 4.79 Å². The Labute approximate surface area is 118 Å². The van der Waals surface area contributed by atoms with E-state index in [4.69, 9.17) is 17.3 Å². The summed E-state index contributed by atoms with van der Waals surface area (Å²) in [6, 6.07) is 1.53. The van der Waals surface area contributed by atoms with Crippen LogP contribution >= 0.6 is 11.6 Å². The molecule has 0 saturated carbocycles. The molecule has 1 unspecified atom stereocenters. The molecule has 1 saturated heterocycles. The highest BCUT2D eigenvalue weighted by Gasteiger charge is 2.24. The first-order valence-electron chi connectivity index (χ1n) is 6.32. The maximum Gasteiger partial charge on any atom is 0.255 e. The van der Waals surface area contributed by atoms with Crippen LogP contribution in [-0.4, -0.2) is 54.4 Å². The highest BCUT2D eigenvalue weighted by molar-refractivity contribution is 6.33. The van der Waals surface area contributed by atoms with Gasteiger partial charge in [-0.2, -0.15) is 0 Å². The molecule has 1 aromatic heterocycles. The second-order valence-corrected chi connectivity index (χ2v) is 5.60. The van der Waals surface area contributed by atoms with Gasteiger partial charge in [0, 0.05) is 26.3 Å². The van der Waals surface area contributed by atoms with E-state index in [9.17, 15) is 4.79 Å². The van der Waals surface area contributed by atoms with Crippen molar-refractivity contribution in [2.24, 2.45) is 5.92 Å². The summed E-state index contributed by atoms with van der Waals surface area (Å²) in [5.41, 5.74) is 6.02. The molecule has 0 aliphatic carbocycles. The van der Waals surface area contributed by atoms with Crippen LogP contribution in [0.15, 0.2) is 12.3 Å². The Morgan fingerprint density at radius 2 is 2.42 bits per heavy atom. The maximum absolute atomic E-state index is 12.3. The first-order chi connectivity index (χ1) is 8.97. The lowest BCUT2D eigenvalue weighted by Crippen LogP contribution is -2.33. The van der Waals surface area contributed by atoms with Gasteiger partial charge in [0.15, 0.2) is 0 Å². The summed E-state index contributed by atoms with van der Waals surface area (Å²) in [7, 11) is 3.90. The SMILES string of the molecule is CN1CCC(CN(C)C(=O)c2cc(N)ncc2Cl)C1. The van der Waals surface area contributed by atoms with E-state index in [1.807, 2.05) is 0 Å². The average molecular weight is 283 g/mol. The van der Waals surface area contributed by atoms with Crippen molar-refractivity contribution in [2.45, 2.75) is 6.42 Å². The van der Waals surface area contributed by atoms with E-state index in [2.05, 4.69) is 16.9 Å². The van der Waals surface area contributed by atoms with Crippen molar-refractivity contribution in [3.05, 3.63) is 22.8 Å². The zero-order valence-corrected chi connectivity index (χ0v) is 12.0. The predicted octanol–water partition coefficient (Wildman–Crippen LogP) is 1.34. The van der Waals surface area contributed by atoms with Gasteiger partial charge in [0.05, 0.1) is 10.6 Å². The smallest absolute Gasteiger partial charge is 0.255 e. The molecule has 1 aliphatic heterocycles. The third kappa shape index (κ3) is 3.36. The van der Waals surface area contributed by atoms with E-state index in [1.165, 1.54) is 12.3 Å². The number of amides is 1. The van der Waals surface area contributed by atoms with Gasteiger partial charge in [0.1, 0.15) is 5.82 Å². The number of hydrogen-bond donors (Lipinski definition) is 1. The number of pyridine rings is 1. The Hall–Kier alpha value is -1.33. The van der Waals surface area contributed by atoms with Crippen LogP contribution in [0.4, 0.5) is 5.82 Å². The van der Waals surface area contributed by atoms with Crippen molar-refractivity contribution < 1.29 is 4.79 Å². The monoisotopic (exact) mass is 282 g/mol. The second-order valence-electron chi connectivity index (χ2n) is 5.19. The Kier molecular flexibility index (Phi) is 4.27. The summed E-state index contributed by atoms with van der Waals surface area (Å²) < 4.78 is 0. The summed E-state index contributed by atoms with van der Waals surface area (Å²) in [5, 5.41) is 0.342. The molecule has 1 fully saturated rings. The lowest BCUT2D eigenvalue weighted by molar-refractivity contribution is 0.0774. The Morgan fingerprint density at radius 3 is 3.05 bits per heavy atom. The molecule has 6 heteroatoms. The molecule has 104 valence electrons. The summed E-state index contributed by atoms with van der Waals surface area (Å²) in [6.07, 6.45) is 2.54. The minimum Gasteiger partial charge on any atom is -0.384 e. The summed E-state index contributed by atoms with van der Waals surface area (Å²) in [6.45, 7) is 2.86. The minimum absolute atomic E-state index is 0.103. The first-order valence-corrected chi connectivity index (χ1v) is 6.70. The van der Waals surface area contributed by atoms with Crippen LogP contribution in [0.5, 0.6) is 0 Å². The minimum atomic E-state index is -0.103. The predicted molar refractivity (Wildman–Crippen MR) is 76.2 cm³/mol. The number of rotatable bonds is 3. The zero-order valence-electron chi connectivity index (χ0n) is 11.3. The van der Waals surface area contributed by atoms with Crippen LogP contribution in [-0.2, 0) is 0 Å². The Bertz CT molecular complexity index is 480. The lowest BCUT2D eigenvalue weighted by Gasteiger charge is -2.21. The molecule has 1 atom stereocenters. The molecule has 1 aliphatic rings. The molecule has 2 rings (SSSR count). The van der Waals surface area contributed by atoms with Crippen LogP contribution in [0.25, 0.3) is 0 Å². The molecular weight excluding hydrogens is 264 g/mol. The number of hydrogen-bond acceptors (Lipinski definition) is 4. The molecular formula is C13H19ClN4O. The van der Waals surface area contributed by atoms with Crippen molar-refractivity contribution in [1.82, 2.24) is 14.8 Å². The van der Waals surface area contributed by atoms with Gasteiger partial charge in [-0.1, -0.05) is 11.6 Å². The molecule has 0 bridgehead atoms. The van der Waals surface area contributed by atoms with Crippen LogP contribution in [0.3, 0.4) is 0 Å². The quantitative estimate of drug-likeness (QED) is 0.909. The largest absolute Gasteiger partial charge is 0.384 e. The lowest BCUT2D eigenvalue weighted by atomic mass is 10.1. The van der Waals surface area contributed by atoms with E-state index in [0.29, 0.717) is 22.3 Å². The Balaban J connectivity index is 2.04. The highest BCUT2D eigenvalue weighted by Crippen LogP contribution is 2.20. The topological polar surface area (TPSA) is 62.5 Å². The van der Waals surface area contributed by atoms with E-state index in [1.54, 1.807) is 11.9 Å². The van der Waals surface area contributed by atoms with E-state index in [0.717, 1.165) is 26.1 Å². The summed E-state index contributed by atoms with van der Waals surface area (Å²) in [4.78, 5) is 20.2. The summed E-state index contributed by atoms with van der Waals surface area (Å²) >= 11 is 6.00. The number of nitrogens with two attached hydrogens (primary N) is 1. The second kappa shape index (κ2) is 5.75. The van der Waals surface area contributed by atoms with Crippen molar-refractivity contribution in [3.63, 3.8) is 0 Å². The van der Waals surface area contributed by atoms with Gasteiger partial charge in [0.25, 0.3) is 5.91 Å². The number of aromatic nitrogens is 1. The van der Waals surface area contributed by atoms with Crippen molar-refractivity contribution in [2.75, 3.05) is 39.5 Å².